The van der Waals surface area contributed by atoms with Crippen LogP contribution in [0.25, 0.3) is 0 Å². The van der Waals surface area contributed by atoms with Crippen molar-refractivity contribution >= 4 is 5.91 Å². The first-order valence-electron chi connectivity index (χ1n) is 5.81. The van der Waals surface area contributed by atoms with Crippen molar-refractivity contribution in [3.63, 3.8) is 0 Å². The van der Waals surface area contributed by atoms with E-state index in [0.717, 1.165) is 19.4 Å². The van der Waals surface area contributed by atoms with E-state index in [4.69, 9.17) is 5.84 Å². The van der Waals surface area contributed by atoms with Crippen LogP contribution in [-0.4, -0.2) is 29.4 Å². The van der Waals surface area contributed by atoms with Gasteiger partial charge in [0.05, 0.1) is 0 Å². The summed E-state index contributed by atoms with van der Waals surface area (Å²) in [6.07, 6.45) is 5.14. The van der Waals surface area contributed by atoms with Crippen molar-refractivity contribution in [2.75, 3.05) is 13.1 Å². The molecule has 0 aromatic rings. The van der Waals surface area contributed by atoms with E-state index < -0.39 is 0 Å². The minimum Gasteiger partial charge on any atom is -0.298 e. The fourth-order valence-electron chi connectivity index (χ4n) is 2.24. The topological polar surface area (TPSA) is 58.4 Å². The first-order valence-corrected chi connectivity index (χ1v) is 5.81. The van der Waals surface area contributed by atoms with Gasteiger partial charge in [0, 0.05) is 12.0 Å². The molecule has 15 heavy (non-hydrogen) atoms. The number of hydrogen-bond donors (Lipinski definition) is 2. The summed E-state index contributed by atoms with van der Waals surface area (Å²) >= 11 is 0. The van der Waals surface area contributed by atoms with Crippen LogP contribution < -0.4 is 11.3 Å². The first kappa shape index (κ1) is 12.5. The van der Waals surface area contributed by atoms with Crippen LogP contribution in [-0.2, 0) is 4.79 Å². The molecule has 0 aromatic carbocycles. The van der Waals surface area contributed by atoms with Gasteiger partial charge in [-0.25, -0.2) is 5.84 Å². The maximum Gasteiger partial charge on any atom is 0.233 e. The zero-order valence-corrected chi connectivity index (χ0v) is 9.88. The van der Waals surface area contributed by atoms with E-state index in [1.807, 2.05) is 0 Å². The Kier molecular flexibility index (Phi) is 4.54. The Balaban J connectivity index is 2.12. The molecular formula is C11H23N3O. The number of likely N-dealkylation sites (tertiary alicyclic amines) is 1. The Morgan fingerprint density at radius 1 is 1.47 bits per heavy atom. The molecule has 88 valence electrons. The van der Waals surface area contributed by atoms with Gasteiger partial charge in [-0.1, -0.05) is 0 Å². The van der Waals surface area contributed by atoms with E-state index >= 15 is 0 Å². The third-order valence-corrected chi connectivity index (χ3v) is 3.32. The number of rotatable bonds is 5. The molecule has 1 aliphatic rings. The summed E-state index contributed by atoms with van der Waals surface area (Å²) in [6.45, 7) is 6.90. The molecule has 1 rings (SSSR count). The second kappa shape index (κ2) is 5.47. The molecule has 1 saturated heterocycles. The van der Waals surface area contributed by atoms with Gasteiger partial charge in [0.2, 0.25) is 5.91 Å². The van der Waals surface area contributed by atoms with Gasteiger partial charge in [-0.3, -0.25) is 15.1 Å². The average molecular weight is 213 g/mol. The van der Waals surface area contributed by atoms with Crippen LogP contribution >= 0.6 is 0 Å². The van der Waals surface area contributed by atoms with E-state index in [-0.39, 0.29) is 5.91 Å². The van der Waals surface area contributed by atoms with Gasteiger partial charge in [0.1, 0.15) is 0 Å². The number of carbonyl (C=O) groups excluding carboxylic acids is 1. The first-order chi connectivity index (χ1) is 7.06. The number of unbranched alkanes of at least 4 members (excludes halogenated alkanes) is 1. The molecule has 4 heteroatoms. The standard InChI is InChI=1S/C11H23N3O/c1-11(2)7-5-9-14(11)8-4-3-6-10(15)13-12/h3-9,12H2,1-2H3,(H,13,15). The number of amides is 1. The molecule has 1 heterocycles. The lowest BCUT2D eigenvalue weighted by Crippen LogP contribution is -2.38. The molecule has 0 aromatic heterocycles. The highest BCUT2D eigenvalue weighted by atomic mass is 16.2. The van der Waals surface area contributed by atoms with E-state index in [2.05, 4.69) is 24.2 Å². The van der Waals surface area contributed by atoms with Crippen LogP contribution in [0.5, 0.6) is 0 Å². The molecule has 0 unspecified atom stereocenters. The lowest BCUT2D eigenvalue weighted by Gasteiger charge is -2.31. The van der Waals surface area contributed by atoms with Crippen LogP contribution in [0.2, 0.25) is 0 Å². The molecule has 1 fully saturated rings. The summed E-state index contributed by atoms with van der Waals surface area (Å²) in [5.74, 6) is 4.95. The molecule has 0 radical (unpaired) electrons. The van der Waals surface area contributed by atoms with Gasteiger partial charge < -0.3 is 0 Å². The highest BCUT2D eigenvalue weighted by molar-refractivity contribution is 5.75. The van der Waals surface area contributed by atoms with Crippen molar-refractivity contribution in [3.8, 4) is 0 Å². The molecular weight excluding hydrogens is 190 g/mol. The van der Waals surface area contributed by atoms with E-state index in [0.29, 0.717) is 12.0 Å². The van der Waals surface area contributed by atoms with Gasteiger partial charge in [-0.2, -0.15) is 0 Å². The predicted octanol–water partition coefficient (Wildman–Crippen LogP) is 1.02. The maximum atomic E-state index is 10.9. The lowest BCUT2D eigenvalue weighted by atomic mass is 10.0. The normalized spacial score (nSPS) is 20.5. The minimum absolute atomic E-state index is 0.0596. The van der Waals surface area contributed by atoms with Crippen LogP contribution in [0.1, 0.15) is 46.0 Å². The van der Waals surface area contributed by atoms with Gasteiger partial charge in [-0.05, 0) is 52.6 Å². The molecule has 1 aliphatic heterocycles. The zero-order chi connectivity index (χ0) is 11.3. The Bertz CT molecular complexity index is 216. The highest BCUT2D eigenvalue weighted by Gasteiger charge is 2.30. The lowest BCUT2D eigenvalue weighted by molar-refractivity contribution is -0.121. The summed E-state index contributed by atoms with van der Waals surface area (Å²) in [7, 11) is 0. The third-order valence-electron chi connectivity index (χ3n) is 3.32. The molecule has 1 amide bonds. The van der Waals surface area contributed by atoms with Crippen molar-refractivity contribution in [1.82, 2.24) is 10.3 Å². The number of nitrogens with two attached hydrogens (primary N) is 1. The summed E-state index contributed by atoms with van der Waals surface area (Å²) in [5, 5.41) is 0. The van der Waals surface area contributed by atoms with Crippen molar-refractivity contribution in [1.29, 1.82) is 0 Å². The third kappa shape index (κ3) is 3.80. The largest absolute Gasteiger partial charge is 0.298 e. The maximum absolute atomic E-state index is 10.9. The molecule has 0 atom stereocenters. The van der Waals surface area contributed by atoms with Crippen LogP contribution in [0.4, 0.5) is 0 Å². The Hall–Kier alpha value is -0.610. The van der Waals surface area contributed by atoms with E-state index in [9.17, 15) is 4.79 Å². The quantitative estimate of drug-likeness (QED) is 0.310. The Morgan fingerprint density at radius 2 is 2.20 bits per heavy atom. The van der Waals surface area contributed by atoms with E-state index in [1.165, 1.54) is 19.4 Å². The molecule has 3 N–H and O–H groups in total. The van der Waals surface area contributed by atoms with Crippen molar-refractivity contribution < 1.29 is 4.79 Å². The van der Waals surface area contributed by atoms with Gasteiger partial charge >= 0.3 is 0 Å². The minimum atomic E-state index is -0.0596. The number of hydrogen-bond acceptors (Lipinski definition) is 3. The van der Waals surface area contributed by atoms with Gasteiger partial charge in [0.25, 0.3) is 0 Å². The van der Waals surface area contributed by atoms with Crippen LogP contribution in [0.3, 0.4) is 0 Å². The van der Waals surface area contributed by atoms with Crippen molar-refractivity contribution in [2.24, 2.45) is 5.84 Å². The smallest absolute Gasteiger partial charge is 0.233 e. The highest BCUT2D eigenvalue weighted by Crippen LogP contribution is 2.28. The van der Waals surface area contributed by atoms with Crippen LogP contribution in [0.15, 0.2) is 0 Å². The summed E-state index contributed by atoms with van der Waals surface area (Å²) < 4.78 is 0. The second-order valence-electron chi connectivity index (χ2n) is 4.93. The summed E-state index contributed by atoms with van der Waals surface area (Å²) in [4.78, 5) is 13.4. The Morgan fingerprint density at radius 3 is 2.73 bits per heavy atom. The summed E-state index contributed by atoms with van der Waals surface area (Å²) in [5.41, 5.74) is 2.51. The molecule has 0 saturated carbocycles. The van der Waals surface area contributed by atoms with Crippen molar-refractivity contribution in [3.05, 3.63) is 0 Å². The molecule has 0 bridgehead atoms. The number of nitrogens with zero attached hydrogens (tertiary/aromatic N) is 1. The van der Waals surface area contributed by atoms with Crippen molar-refractivity contribution in [2.45, 2.75) is 51.5 Å². The molecule has 4 nitrogen and oxygen atoms in total. The molecule has 0 aliphatic carbocycles. The predicted molar refractivity (Wildman–Crippen MR) is 61.1 cm³/mol. The monoisotopic (exact) mass is 213 g/mol. The summed E-state index contributed by atoms with van der Waals surface area (Å²) in [6, 6.07) is 0. The number of nitrogens with one attached hydrogen (secondary N) is 1. The second-order valence-corrected chi connectivity index (χ2v) is 4.93. The zero-order valence-electron chi connectivity index (χ0n) is 9.88. The molecule has 0 spiro atoms. The number of carbonyl (C=O) groups is 1. The fraction of sp³-hybridized carbons (Fsp3) is 0.909. The average Bonchev–Trinajstić information content (AvgIpc) is 2.52. The van der Waals surface area contributed by atoms with Crippen LogP contribution in [0, 0.1) is 0 Å². The SMILES string of the molecule is CC1(C)CCCN1CCCCC(=O)NN. The van der Waals surface area contributed by atoms with E-state index in [1.54, 1.807) is 0 Å². The van der Waals surface area contributed by atoms with Gasteiger partial charge in [-0.15, -0.1) is 0 Å². The number of hydrazine groups is 1. The fourth-order valence-corrected chi connectivity index (χ4v) is 2.24. The Labute approximate surface area is 92.2 Å². The van der Waals surface area contributed by atoms with Gasteiger partial charge in [0.15, 0.2) is 0 Å².